The van der Waals surface area contributed by atoms with Crippen LogP contribution in [0.2, 0.25) is 0 Å². The first-order chi connectivity index (χ1) is 13.0. The van der Waals surface area contributed by atoms with E-state index >= 15 is 0 Å². The van der Waals surface area contributed by atoms with Gasteiger partial charge in [-0.1, -0.05) is 5.21 Å². The van der Waals surface area contributed by atoms with E-state index in [1.54, 1.807) is 13.1 Å². The number of rotatable bonds is 6. The van der Waals surface area contributed by atoms with Crippen LogP contribution in [0.5, 0.6) is 5.75 Å². The zero-order valence-electron chi connectivity index (χ0n) is 15.6. The van der Waals surface area contributed by atoms with Crippen molar-refractivity contribution in [2.75, 3.05) is 6.61 Å². The third-order valence-electron chi connectivity index (χ3n) is 5.54. The molecule has 0 N–H and O–H groups in total. The lowest BCUT2D eigenvalue weighted by Crippen LogP contribution is -2.21. The van der Waals surface area contributed by atoms with Crippen LogP contribution in [0, 0.1) is 24.7 Å². The van der Waals surface area contributed by atoms with E-state index in [0.717, 1.165) is 19.1 Å². The number of esters is 1. The number of aromatic nitrogens is 4. The molecule has 27 heavy (non-hydrogen) atoms. The van der Waals surface area contributed by atoms with Crippen LogP contribution >= 0.6 is 0 Å². The van der Waals surface area contributed by atoms with Gasteiger partial charge >= 0.3 is 5.97 Å². The summed E-state index contributed by atoms with van der Waals surface area (Å²) in [6.07, 6.45) is 2.66. The lowest BCUT2D eigenvalue weighted by Gasteiger charge is -2.18. The highest BCUT2D eigenvalue weighted by Crippen LogP contribution is 2.59. The molecule has 8 heteroatoms. The molecule has 0 unspecified atom stereocenters. The first-order valence-corrected chi connectivity index (χ1v) is 9.21. The van der Waals surface area contributed by atoms with Crippen molar-refractivity contribution < 1.29 is 19.1 Å². The molecule has 2 aromatic rings. The molecule has 2 aliphatic rings. The Morgan fingerprint density at radius 1 is 1.37 bits per heavy atom. The third-order valence-corrected chi connectivity index (χ3v) is 5.54. The van der Waals surface area contributed by atoms with Crippen molar-refractivity contribution in [3.8, 4) is 17.1 Å². The fourth-order valence-electron chi connectivity index (χ4n) is 4.18. The lowest BCUT2D eigenvalue weighted by atomic mass is 10.1. The Bertz CT molecular complexity index is 894. The smallest absolute Gasteiger partial charge is 0.309 e. The average molecular weight is 370 g/mol. The van der Waals surface area contributed by atoms with E-state index in [4.69, 9.17) is 9.47 Å². The van der Waals surface area contributed by atoms with E-state index in [1.165, 1.54) is 4.68 Å². The van der Waals surface area contributed by atoms with Gasteiger partial charge < -0.3 is 9.47 Å². The number of aryl methyl sites for hydroxylation is 2. The van der Waals surface area contributed by atoms with E-state index in [-0.39, 0.29) is 23.9 Å². The molecule has 2 heterocycles. The summed E-state index contributed by atoms with van der Waals surface area (Å²) < 4.78 is 12.8. The quantitative estimate of drug-likeness (QED) is 0.566. The summed E-state index contributed by atoms with van der Waals surface area (Å²) in [4.78, 5) is 27.8. The summed E-state index contributed by atoms with van der Waals surface area (Å²) in [6, 6.07) is 3.62. The summed E-state index contributed by atoms with van der Waals surface area (Å²) >= 11 is 0. The molecular formula is C19H22N4O4. The average Bonchev–Trinajstić information content (AvgIpc) is 3.04. The van der Waals surface area contributed by atoms with Crippen LogP contribution in [0.25, 0.3) is 11.4 Å². The molecule has 2 saturated carbocycles. The fourth-order valence-corrected chi connectivity index (χ4v) is 4.18. The van der Waals surface area contributed by atoms with Gasteiger partial charge in [0.2, 0.25) is 0 Å². The topological polar surface area (TPSA) is 96.2 Å². The summed E-state index contributed by atoms with van der Waals surface area (Å²) in [5.41, 5.74) is 2.12. The van der Waals surface area contributed by atoms with Crippen molar-refractivity contribution >= 4 is 12.3 Å². The van der Waals surface area contributed by atoms with Crippen LogP contribution in [0.15, 0.2) is 12.1 Å². The van der Waals surface area contributed by atoms with Gasteiger partial charge in [-0.05, 0) is 44.7 Å². The predicted molar refractivity (Wildman–Crippen MR) is 95.1 cm³/mol. The number of ether oxygens (including phenoxy) is 2. The van der Waals surface area contributed by atoms with E-state index in [2.05, 4.69) is 15.3 Å². The maximum absolute atomic E-state index is 12.0. The Morgan fingerprint density at radius 2 is 2.19 bits per heavy atom. The molecule has 0 saturated heterocycles. The predicted octanol–water partition coefficient (Wildman–Crippen LogP) is 1.96. The highest BCUT2D eigenvalue weighted by atomic mass is 16.5. The maximum atomic E-state index is 12.0. The van der Waals surface area contributed by atoms with E-state index in [0.29, 0.717) is 41.1 Å². The van der Waals surface area contributed by atoms with Crippen LogP contribution in [-0.2, 0) is 16.6 Å². The molecule has 0 radical (unpaired) electrons. The highest BCUT2D eigenvalue weighted by molar-refractivity contribution is 5.82. The van der Waals surface area contributed by atoms with Crippen molar-refractivity contribution in [2.24, 2.45) is 24.8 Å². The SMILES string of the molecule is CCOC(=O)[C@@H]1[C@@H]2CC[C@@H](Oc3ccc(-c4nnn(C)c4C=O)nc3C)[C@@H]21. The zero-order valence-corrected chi connectivity index (χ0v) is 15.6. The molecule has 142 valence electrons. The van der Waals surface area contributed by atoms with Crippen molar-refractivity contribution in [3.05, 3.63) is 23.5 Å². The van der Waals surface area contributed by atoms with Gasteiger partial charge in [0.25, 0.3) is 0 Å². The van der Waals surface area contributed by atoms with E-state index < -0.39 is 0 Å². The van der Waals surface area contributed by atoms with Gasteiger partial charge in [0.1, 0.15) is 23.2 Å². The van der Waals surface area contributed by atoms with Crippen LogP contribution in [0.3, 0.4) is 0 Å². The Kier molecular flexibility index (Phi) is 4.41. The molecular weight excluding hydrogens is 348 g/mol. The maximum Gasteiger partial charge on any atom is 0.309 e. The molecule has 2 fully saturated rings. The van der Waals surface area contributed by atoms with Crippen molar-refractivity contribution in [3.63, 3.8) is 0 Å². The van der Waals surface area contributed by atoms with Gasteiger partial charge in [0.15, 0.2) is 6.29 Å². The number of aldehydes is 1. The van der Waals surface area contributed by atoms with Crippen molar-refractivity contribution in [1.29, 1.82) is 0 Å². The van der Waals surface area contributed by atoms with E-state index in [1.807, 2.05) is 19.9 Å². The molecule has 0 aliphatic heterocycles. The number of nitrogens with zero attached hydrogens (tertiary/aromatic N) is 4. The highest BCUT2D eigenvalue weighted by Gasteiger charge is 2.63. The first-order valence-electron chi connectivity index (χ1n) is 9.21. The monoisotopic (exact) mass is 370 g/mol. The Hall–Kier alpha value is -2.77. The first kappa shape index (κ1) is 17.6. The van der Waals surface area contributed by atoms with Crippen molar-refractivity contribution in [2.45, 2.75) is 32.8 Å². The second kappa shape index (κ2) is 6.75. The molecule has 0 spiro atoms. The fraction of sp³-hybridized carbons (Fsp3) is 0.526. The van der Waals surface area contributed by atoms with E-state index in [9.17, 15) is 9.59 Å². The minimum Gasteiger partial charge on any atom is -0.488 e. The summed E-state index contributed by atoms with van der Waals surface area (Å²) in [7, 11) is 1.66. The molecule has 2 aliphatic carbocycles. The Balaban J connectivity index is 1.49. The summed E-state index contributed by atoms with van der Waals surface area (Å²) in [5.74, 6) is 1.19. The van der Waals surface area contributed by atoms with Gasteiger partial charge in [-0.3, -0.25) is 9.59 Å². The molecule has 4 rings (SSSR count). The second-order valence-corrected chi connectivity index (χ2v) is 7.10. The lowest BCUT2D eigenvalue weighted by molar-refractivity contribution is -0.146. The summed E-state index contributed by atoms with van der Waals surface area (Å²) in [5, 5.41) is 7.90. The normalized spacial score (nSPS) is 25.7. The van der Waals surface area contributed by atoms with Crippen LogP contribution in [-0.4, -0.2) is 44.9 Å². The number of pyridine rings is 1. The summed E-state index contributed by atoms with van der Waals surface area (Å²) in [6.45, 7) is 4.10. The standard InChI is InChI=1S/C19H22N4O4/c1-4-26-19(25)17-11-5-7-15(16(11)17)27-14-8-6-12(20-10(14)2)18-13(9-24)23(3)22-21-18/h6,8-9,11,15-17H,4-5,7H2,1-3H3/t11-,15-,16-,17-/m1/s1. The Morgan fingerprint density at radius 3 is 2.89 bits per heavy atom. The number of fused-ring (bicyclic) bond motifs is 1. The zero-order chi connectivity index (χ0) is 19.1. The van der Waals surface area contributed by atoms with Gasteiger partial charge in [0.05, 0.1) is 23.9 Å². The molecule has 0 bridgehead atoms. The van der Waals surface area contributed by atoms with Crippen LogP contribution in [0.4, 0.5) is 0 Å². The third kappa shape index (κ3) is 2.98. The molecule has 2 aromatic heterocycles. The van der Waals surface area contributed by atoms with Gasteiger partial charge in [-0.2, -0.15) is 0 Å². The molecule has 8 nitrogen and oxygen atoms in total. The van der Waals surface area contributed by atoms with Crippen LogP contribution < -0.4 is 4.74 Å². The minimum atomic E-state index is -0.102. The Labute approximate surface area is 156 Å². The van der Waals surface area contributed by atoms with Gasteiger partial charge in [-0.15, -0.1) is 5.10 Å². The number of hydrogen-bond acceptors (Lipinski definition) is 7. The number of carbonyl (C=O) groups is 2. The minimum absolute atomic E-state index is 0.0119. The molecule has 0 aromatic carbocycles. The largest absolute Gasteiger partial charge is 0.488 e. The molecule has 0 amide bonds. The molecule has 4 atom stereocenters. The number of hydrogen-bond donors (Lipinski definition) is 0. The second-order valence-electron chi connectivity index (χ2n) is 7.10. The van der Waals surface area contributed by atoms with Gasteiger partial charge in [0, 0.05) is 13.0 Å². The van der Waals surface area contributed by atoms with Crippen molar-refractivity contribution in [1.82, 2.24) is 20.0 Å². The van der Waals surface area contributed by atoms with Crippen LogP contribution in [0.1, 0.15) is 35.9 Å². The van der Waals surface area contributed by atoms with Gasteiger partial charge in [-0.25, -0.2) is 9.67 Å². The number of carbonyl (C=O) groups excluding carboxylic acids is 2.